The van der Waals surface area contributed by atoms with Gasteiger partial charge in [-0.2, -0.15) is 0 Å². The number of nitrogens with one attached hydrogen (secondary N) is 2. The van der Waals surface area contributed by atoms with Crippen LogP contribution in [0.25, 0.3) is 22.9 Å². The zero-order chi connectivity index (χ0) is 14.9. The molecule has 0 bridgehead atoms. The van der Waals surface area contributed by atoms with Crippen LogP contribution >= 0.6 is 0 Å². The van der Waals surface area contributed by atoms with Gasteiger partial charge in [-0.3, -0.25) is 0 Å². The monoisotopic (exact) mass is 294 g/mol. The molecule has 1 aromatic carbocycles. The summed E-state index contributed by atoms with van der Waals surface area (Å²) in [6.45, 7) is 3.04. The van der Waals surface area contributed by atoms with Crippen LogP contribution in [0.4, 0.5) is 0 Å². The zero-order valence-electron chi connectivity index (χ0n) is 12.5. The summed E-state index contributed by atoms with van der Waals surface area (Å²) in [5, 5.41) is 9.48. The Morgan fingerprint density at radius 3 is 2.82 bits per heavy atom. The third kappa shape index (κ3) is 2.23. The van der Waals surface area contributed by atoms with Crippen LogP contribution in [0.1, 0.15) is 0 Å². The molecule has 5 heteroatoms. The molecule has 2 N–H and O–H groups in total. The van der Waals surface area contributed by atoms with Gasteiger partial charge in [0, 0.05) is 49.7 Å². The van der Waals surface area contributed by atoms with Crippen LogP contribution in [0.15, 0.2) is 30.6 Å². The number of methoxy groups -OCH3 is 1. The molecule has 1 atom stereocenters. The van der Waals surface area contributed by atoms with Crippen LogP contribution < -0.4 is 25.8 Å². The summed E-state index contributed by atoms with van der Waals surface area (Å²) in [4.78, 5) is 8.37. The fourth-order valence-electron chi connectivity index (χ4n) is 3.20. The van der Waals surface area contributed by atoms with E-state index in [4.69, 9.17) is 4.74 Å². The Kier molecular flexibility index (Phi) is 3.27. The summed E-state index contributed by atoms with van der Waals surface area (Å²) in [5.74, 6) is 0.590. The van der Waals surface area contributed by atoms with Crippen LogP contribution in [0.2, 0.25) is 0 Å². The van der Waals surface area contributed by atoms with Crippen molar-refractivity contribution in [3.63, 3.8) is 0 Å². The molecule has 1 saturated heterocycles. The lowest BCUT2D eigenvalue weighted by Crippen LogP contribution is -2.28. The molecule has 0 saturated carbocycles. The van der Waals surface area contributed by atoms with Crippen LogP contribution in [-0.4, -0.2) is 36.7 Å². The summed E-state index contributed by atoms with van der Waals surface area (Å²) in [7, 11) is 1.57. The van der Waals surface area contributed by atoms with Gasteiger partial charge in [0.25, 0.3) is 0 Å². The molecule has 4 rings (SSSR count). The molecule has 5 nitrogen and oxygen atoms in total. The zero-order valence-corrected chi connectivity index (χ0v) is 12.5. The molecule has 1 fully saturated rings. The van der Waals surface area contributed by atoms with Crippen LogP contribution in [-0.2, 0) is 0 Å². The number of benzene rings is 1. The minimum Gasteiger partial charge on any atom is -0.467 e. The summed E-state index contributed by atoms with van der Waals surface area (Å²) in [5.41, 5.74) is 3.62. The van der Waals surface area contributed by atoms with Gasteiger partial charge in [0.1, 0.15) is 0 Å². The van der Waals surface area contributed by atoms with Crippen molar-refractivity contribution in [2.75, 3.05) is 26.7 Å². The maximum Gasteiger partial charge on any atom is 0.316 e. The van der Waals surface area contributed by atoms with Gasteiger partial charge in [-0.15, -0.1) is 0 Å². The average molecular weight is 294 g/mol. The van der Waals surface area contributed by atoms with E-state index in [1.165, 1.54) is 16.0 Å². The molecule has 2 aliphatic heterocycles. The molecule has 2 aliphatic rings. The molecule has 2 aromatic rings. The van der Waals surface area contributed by atoms with Gasteiger partial charge in [0.2, 0.25) is 0 Å². The fraction of sp³-hybridized carbons (Fsp3) is 0.294. The van der Waals surface area contributed by atoms with Crippen LogP contribution in [0, 0.1) is 5.92 Å². The van der Waals surface area contributed by atoms with Gasteiger partial charge < -0.3 is 15.4 Å². The Bertz CT molecular complexity index is 814. The molecule has 1 unspecified atom stereocenters. The Morgan fingerprint density at radius 2 is 2.00 bits per heavy atom. The molecule has 0 amide bonds. The summed E-state index contributed by atoms with van der Waals surface area (Å²) >= 11 is 0. The van der Waals surface area contributed by atoms with Crippen molar-refractivity contribution in [2.24, 2.45) is 5.92 Å². The predicted molar refractivity (Wildman–Crippen MR) is 85.5 cm³/mol. The van der Waals surface area contributed by atoms with Gasteiger partial charge in [-0.1, -0.05) is 12.1 Å². The quantitative estimate of drug-likeness (QED) is 0.808. The second kappa shape index (κ2) is 5.42. The van der Waals surface area contributed by atoms with Gasteiger partial charge in [0.15, 0.2) is 0 Å². The molecule has 22 heavy (non-hydrogen) atoms. The molecule has 0 radical (unpaired) electrons. The first-order chi connectivity index (χ1) is 10.8. The third-order valence-corrected chi connectivity index (χ3v) is 4.36. The third-order valence-electron chi connectivity index (χ3n) is 4.36. The molecule has 112 valence electrons. The lowest BCUT2D eigenvalue weighted by atomic mass is 9.99. The van der Waals surface area contributed by atoms with E-state index >= 15 is 0 Å². The van der Waals surface area contributed by atoms with Crippen molar-refractivity contribution >= 4 is 11.8 Å². The summed E-state index contributed by atoms with van der Waals surface area (Å²) in [6.07, 6.45) is 5.71. The topological polar surface area (TPSA) is 59.1 Å². The second-order valence-corrected chi connectivity index (χ2v) is 5.67. The highest BCUT2D eigenvalue weighted by atomic mass is 16.5. The normalized spacial score (nSPS) is 19.5. The molecular weight excluding hydrogens is 276 g/mol. The first kappa shape index (κ1) is 13.3. The second-order valence-electron chi connectivity index (χ2n) is 5.67. The van der Waals surface area contributed by atoms with Crippen LogP contribution in [0.3, 0.4) is 0 Å². The van der Waals surface area contributed by atoms with Gasteiger partial charge >= 0.3 is 6.01 Å². The smallest absolute Gasteiger partial charge is 0.316 e. The molecule has 0 aliphatic carbocycles. The number of fused-ring (bicyclic) bond motifs is 2. The van der Waals surface area contributed by atoms with E-state index in [0.29, 0.717) is 11.9 Å². The first-order valence-corrected chi connectivity index (χ1v) is 7.49. The Labute approximate surface area is 128 Å². The lowest BCUT2D eigenvalue weighted by Gasteiger charge is -2.08. The highest BCUT2D eigenvalue weighted by Gasteiger charge is 2.22. The molecule has 3 heterocycles. The van der Waals surface area contributed by atoms with Crippen molar-refractivity contribution in [3.8, 4) is 17.1 Å². The predicted octanol–water partition coefficient (Wildman–Crippen LogP) is -0.136. The average Bonchev–Trinajstić information content (AvgIpc) is 2.96. The van der Waals surface area contributed by atoms with E-state index in [9.17, 15) is 0 Å². The van der Waals surface area contributed by atoms with Crippen molar-refractivity contribution in [1.82, 2.24) is 20.6 Å². The van der Waals surface area contributed by atoms with E-state index in [-0.39, 0.29) is 0 Å². The fourth-order valence-corrected chi connectivity index (χ4v) is 3.20. The lowest BCUT2D eigenvalue weighted by molar-refractivity contribution is 0.380. The van der Waals surface area contributed by atoms with Crippen molar-refractivity contribution in [3.05, 3.63) is 41.0 Å². The van der Waals surface area contributed by atoms with E-state index < -0.39 is 0 Å². The number of ether oxygens (including phenoxy) is 1. The summed E-state index contributed by atoms with van der Waals surface area (Å²) in [6, 6.07) is 6.95. The van der Waals surface area contributed by atoms with Gasteiger partial charge in [-0.25, -0.2) is 9.97 Å². The first-order valence-electron chi connectivity index (χ1n) is 7.49. The number of aromatic nitrogens is 2. The Balaban J connectivity index is 1.83. The van der Waals surface area contributed by atoms with E-state index in [0.717, 1.165) is 30.8 Å². The maximum absolute atomic E-state index is 5.01. The Hall–Kier alpha value is -2.40. The van der Waals surface area contributed by atoms with E-state index in [2.05, 4.69) is 45.0 Å². The van der Waals surface area contributed by atoms with Crippen molar-refractivity contribution in [1.29, 1.82) is 0 Å². The largest absolute Gasteiger partial charge is 0.467 e. The highest BCUT2D eigenvalue weighted by Crippen LogP contribution is 2.18. The number of hydrogen-bond acceptors (Lipinski definition) is 5. The SMILES string of the molecule is COc1ncc(-c2ccc3c(c2)=CNCC2CNCC=32)cn1. The highest BCUT2D eigenvalue weighted by molar-refractivity contribution is 5.64. The van der Waals surface area contributed by atoms with Crippen molar-refractivity contribution < 1.29 is 4.74 Å². The molecular formula is C17H18N4O. The minimum atomic E-state index is 0.391. The number of rotatable bonds is 2. The molecule has 1 aromatic heterocycles. The van der Waals surface area contributed by atoms with Gasteiger partial charge in [0.05, 0.1) is 7.11 Å². The molecule has 0 spiro atoms. The standard InChI is InChI=1S/C17H18N4O/c1-22-17-20-8-13(9-21-17)11-2-3-15-12(4-11)5-18-6-14-7-19-10-16(14)15/h2-5,8-9,14,18-19H,6-7,10H2,1H3. The maximum atomic E-state index is 5.01. The van der Waals surface area contributed by atoms with E-state index in [1.54, 1.807) is 19.5 Å². The summed E-state index contributed by atoms with van der Waals surface area (Å²) < 4.78 is 5.01. The van der Waals surface area contributed by atoms with Crippen LogP contribution in [0.5, 0.6) is 6.01 Å². The van der Waals surface area contributed by atoms with Crippen molar-refractivity contribution in [2.45, 2.75) is 0 Å². The number of hydrogen-bond donors (Lipinski definition) is 2. The Morgan fingerprint density at radius 1 is 1.14 bits per heavy atom. The number of nitrogens with zero attached hydrogens (tertiary/aromatic N) is 2. The van der Waals surface area contributed by atoms with E-state index in [1.807, 2.05) is 0 Å². The minimum absolute atomic E-state index is 0.391. The van der Waals surface area contributed by atoms with Gasteiger partial charge in [-0.05, 0) is 27.6 Å².